The number of carboxylic acid groups (broad SMARTS) is 2. The molecule has 0 amide bonds. The molecule has 0 saturated heterocycles. The van der Waals surface area contributed by atoms with Gasteiger partial charge in [-0.05, 0) is 11.1 Å². The minimum atomic E-state index is -1.35. The Morgan fingerprint density at radius 1 is 0.650 bits per heavy atom. The van der Waals surface area contributed by atoms with Gasteiger partial charge in [-0.3, -0.25) is 0 Å². The number of carboxylic acids is 2. The summed E-state index contributed by atoms with van der Waals surface area (Å²) in [4.78, 5) is 22.0. The van der Waals surface area contributed by atoms with E-state index in [1.807, 2.05) is 0 Å². The zero-order valence-corrected chi connectivity index (χ0v) is 11.3. The van der Waals surface area contributed by atoms with Gasteiger partial charge in [-0.2, -0.15) is 0 Å². The second-order valence-corrected chi connectivity index (χ2v) is 3.67. The van der Waals surface area contributed by atoms with E-state index in [4.69, 9.17) is 0 Å². The molecule has 0 bridgehead atoms. The smallest absolute Gasteiger partial charge is 0.545 e. The van der Waals surface area contributed by atoms with E-state index < -0.39 is 11.9 Å². The molecule has 2 aromatic rings. The van der Waals surface area contributed by atoms with Crippen molar-refractivity contribution in [2.24, 2.45) is 0 Å². The largest absolute Gasteiger partial charge is 1.00 e. The van der Waals surface area contributed by atoms with Gasteiger partial charge in [0.1, 0.15) is 0 Å². The fourth-order valence-corrected chi connectivity index (χ4v) is 1.79. The number of carbonyl (C=O) groups excluding carboxylic acids is 2. The van der Waals surface area contributed by atoms with Gasteiger partial charge in [0.05, 0.1) is 11.9 Å². The van der Waals surface area contributed by atoms with Crippen molar-refractivity contribution in [3.63, 3.8) is 0 Å². The van der Waals surface area contributed by atoms with Crippen molar-refractivity contribution in [3.05, 3.63) is 59.7 Å². The number of carbonyl (C=O) groups is 2. The monoisotopic (exact) mass is 254 g/mol. The first-order valence-electron chi connectivity index (χ1n) is 5.22. The van der Waals surface area contributed by atoms with Crippen molar-refractivity contribution in [2.45, 2.75) is 0 Å². The molecule has 4 nitrogen and oxygen atoms in total. The van der Waals surface area contributed by atoms with Crippen molar-refractivity contribution in [2.75, 3.05) is 0 Å². The predicted octanol–water partition coefficient (Wildman–Crippen LogP) is -5.91. The van der Waals surface area contributed by atoms with E-state index in [-0.39, 0.29) is 48.8 Å². The average molecular weight is 254 g/mol. The fraction of sp³-hybridized carbons (Fsp3) is 0. The fourth-order valence-electron chi connectivity index (χ4n) is 1.79. The van der Waals surface area contributed by atoms with E-state index >= 15 is 0 Å². The minimum absolute atomic E-state index is 0. The van der Waals surface area contributed by atoms with Crippen LogP contribution >= 0.6 is 0 Å². The van der Waals surface area contributed by atoms with Gasteiger partial charge in [0.2, 0.25) is 0 Å². The van der Waals surface area contributed by atoms with Crippen molar-refractivity contribution in [1.29, 1.82) is 0 Å². The number of hydrogen-bond donors (Lipinski definition) is 0. The molecule has 2 rings (SSSR count). The molecule has 2 aromatic carbocycles. The number of hydrogen-bond acceptors (Lipinski definition) is 4. The Hall–Kier alpha value is -1.43. The first-order chi connectivity index (χ1) is 8.61. The molecular weight excluding hydrogens is 246 g/mol. The van der Waals surface area contributed by atoms with Crippen LogP contribution in [0.5, 0.6) is 0 Å². The van der Waals surface area contributed by atoms with Crippen LogP contribution in [0.15, 0.2) is 48.5 Å². The summed E-state index contributed by atoms with van der Waals surface area (Å²) >= 11 is 0. The molecule has 90 valence electrons. The van der Waals surface area contributed by atoms with Crippen LogP contribution in [0.1, 0.15) is 20.7 Å². The van der Waals surface area contributed by atoms with Crippen LogP contribution in [0.4, 0.5) is 0 Å². The topological polar surface area (TPSA) is 80.3 Å². The van der Waals surface area contributed by atoms with E-state index in [9.17, 15) is 19.8 Å². The quantitative estimate of drug-likeness (QED) is 0.511. The van der Waals surface area contributed by atoms with Gasteiger partial charge in [0.15, 0.2) is 0 Å². The van der Waals surface area contributed by atoms with Crippen LogP contribution in [-0.4, -0.2) is 11.9 Å². The van der Waals surface area contributed by atoms with Crippen LogP contribution in [0.2, 0.25) is 0 Å². The molecule has 0 aliphatic rings. The van der Waals surface area contributed by atoms with E-state index in [0.717, 1.165) is 0 Å². The van der Waals surface area contributed by atoms with Gasteiger partial charge in [-0.1, -0.05) is 48.5 Å². The third kappa shape index (κ3) is 3.79. The van der Waals surface area contributed by atoms with Crippen LogP contribution in [-0.2, 0) is 0 Å². The third-order valence-corrected chi connectivity index (χ3v) is 2.58. The predicted molar refractivity (Wildman–Crippen MR) is 60.5 cm³/mol. The molecule has 0 heterocycles. The zero-order valence-electron chi connectivity index (χ0n) is 11.3. The van der Waals surface area contributed by atoms with Crippen LogP contribution < -0.4 is 47.9 Å². The van der Waals surface area contributed by atoms with Crippen molar-refractivity contribution >= 4 is 11.9 Å². The van der Waals surface area contributed by atoms with Crippen LogP contribution in [0.3, 0.4) is 0 Å². The van der Waals surface area contributed by atoms with E-state index in [2.05, 4.69) is 0 Å². The van der Waals surface area contributed by atoms with Gasteiger partial charge in [-0.25, -0.2) is 0 Å². The summed E-state index contributed by atoms with van der Waals surface area (Å²) in [6, 6.07) is 12.2. The number of benzene rings is 2. The van der Waals surface area contributed by atoms with Gasteiger partial charge in [0.25, 0.3) is 0 Å². The van der Waals surface area contributed by atoms with Crippen molar-refractivity contribution < 1.29 is 57.5 Å². The van der Waals surface area contributed by atoms with Crippen LogP contribution in [0, 0.1) is 0 Å². The Morgan fingerprint density at radius 3 is 1.25 bits per heavy atom. The maximum atomic E-state index is 11.0. The Labute approximate surface area is 140 Å². The Bertz CT molecular complexity index is 571. The molecule has 0 aromatic heterocycles. The van der Waals surface area contributed by atoms with Crippen molar-refractivity contribution in [3.8, 4) is 11.1 Å². The summed E-state index contributed by atoms with van der Waals surface area (Å²) in [7, 11) is 0. The summed E-state index contributed by atoms with van der Waals surface area (Å²) in [6.45, 7) is 0. The van der Waals surface area contributed by atoms with Crippen molar-refractivity contribution in [1.82, 2.24) is 0 Å². The molecule has 0 aliphatic heterocycles. The van der Waals surface area contributed by atoms with Gasteiger partial charge in [0, 0.05) is 11.1 Å². The maximum Gasteiger partial charge on any atom is 1.00 e. The second-order valence-electron chi connectivity index (χ2n) is 3.67. The molecule has 0 atom stereocenters. The molecule has 0 saturated carbocycles. The molecule has 0 N–H and O–H groups in total. The standard InChI is InChI=1S/C14H10O4.2Li/c15-13(16)11-7-3-1-5-9(11)10-6-2-4-8-12(10)14(17)18;;/h1-8H,(H,15,16)(H,17,18);;/q;2*+1/p-2. The molecule has 6 heteroatoms. The number of rotatable bonds is 3. The Kier molecular flexibility index (Phi) is 7.43. The SMILES string of the molecule is O=C([O-])c1ccccc1-c1ccccc1C(=O)[O-].[Li+].[Li+]. The normalized spacial score (nSPS) is 9.00. The molecule has 0 fully saturated rings. The summed E-state index contributed by atoms with van der Waals surface area (Å²) in [5.41, 5.74) is 0.506. The second kappa shape index (κ2) is 7.99. The van der Waals surface area contributed by atoms with Gasteiger partial charge in [-0.15, -0.1) is 0 Å². The Morgan fingerprint density at radius 2 is 0.950 bits per heavy atom. The summed E-state index contributed by atoms with van der Waals surface area (Å²) in [5.74, 6) is -2.70. The van der Waals surface area contributed by atoms with Crippen LogP contribution in [0.25, 0.3) is 11.1 Å². The molecule has 0 spiro atoms. The number of aromatic carboxylic acids is 2. The molecule has 0 unspecified atom stereocenters. The first kappa shape index (κ1) is 18.6. The summed E-state index contributed by atoms with van der Waals surface area (Å²) < 4.78 is 0. The molecule has 20 heavy (non-hydrogen) atoms. The van der Waals surface area contributed by atoms with E-state index in [1.165, 1.54) is 24.3 Å². The molecular formula is C14H8Li2O4. The molecule has 0 radical (unpaired) electrons. The third-order valence-electron chi connectivity index (χ3n) is 2.58. The van der Waals surface area contributed by atoms with E-state index in [0.29, 0.717) is 11.1 Å². The summed E-state index contributed by atoms with van der Waals surface area (Å²) in [6.07, 6.45) is 0. The van der Waals surface area contributed by atoms with E-state index in [1.54, 1.807) is 24.3 Å². The molecule has 0 aliphatic carbocycles. The van der Waals surface area contributed by atoms with Gasteiger partial charge >= 0.3 is 37.7 Å². The maximum absolute atomic E-state index is 11.0. The average Bonchev–Trinajstić information content (AvgIpc) is 2.38. The summed E-state index contributed by atoms with van der Waals surface area (Å²) in [5, 5.41) is 22.0. The minimum Gasteiger partial charge on any atom is -0.545 e. The van der Waals surface area contributed by atoms with Gasteiger partial charge < -0.3 is 19.8 Å². The zero-order chi connectivity index (χ0) is 13.1. The Balaban J connectivity index is 0.00000180. The first-order valence-corrected chi connectivity index (χ1v) is 5.22.